The first-order chi connectivity index (χ1) is 2.77. The number of rotatable bonds is 1. The van der Waals surface area contributed by atoms with E-state index in [1.54, 1.807) is 0 Å². The molecule has 1 unspecified atom stereocenters. The average Bonchev–Trinajstić information content (AvgIpc) is 1.35. The topological polar surface area (TPSA) is 35.2 Å². The van der Waals surface area contributed by atoms with Crippen LogP contribution in [-0.2, 0) is 4.52 Å². The predicted molar refractivity (Wildman–Crippen MR) is 35.2 cm³/mol. The molecule has 0 radical (unpaired) electrons. The maximum Gasteiger partial charge on any atom is 0.257 e. The van der Waals surface area contributed by atoms with E-state index in [4.69, 9.17) is 5.73 Å². The molecule has 0 aliphatic rings. The van der Waals surface area contributed by atoms with Crippen LogP contribution < -0.4 is 5.73 Å². The van der Waals surface area contributed by atoms with Crippen molar-refractivity contribution in [2.45, 2.75) is 0 Å². The zero-order valence-corrected chi connectivity index (χ0v) is 5.55. The molecule has 6 heavy (non-hydrogen) atoms. The van der Waals surface area contributed by atoms with E-state index in [1.807, 2.05) is 0 Å². The third kappa shape index (κ3) is 4.47. The first-order valence-electron chi connectivity index (χ1n) is 1.12. The molecule has 1 atom stereocenters. The lowest BCUT2D eigenvalue weighted by molar-refractivity contribution is 0.649. The van der Waals surface area contributed by atoms with Crippen LogP contribution >= 0.6 is 32.5 Å². The Hall–Kier alpha value is 0.470. The molecule has 0 amide bonds. The fourth-order valence-corrected chi connectivity index (χ4v) is 0.740. The molecule has 0 aliphatic carbocycles. The minimum atomic E-state index is 0.0586. The quantitative estimate of drug-likeness (QED) is 0.320. The van der Waals surface area contributed by atoms with Gasteiger partial charge in [-0.05, 0) is 12.2 Å². The Labute approximate surface area is 48.5 Å². The highest BCUT2D eigenvalue weighted by Crippen LogP contribution is 2.14. The summed E-state index contributed by atoms with van der Waals surface area (Å²) in [6.45, 7) is 0. The van der Waals surface area contributed by atoms with E-state index < -0.39 is 0 Å². The molecule has 0 saturated heterocycles. The fourth-order valence-electron chi connectivity index (χ4n) is 0.0450. The summed E-state index contributed by atoms with van der Waals surface area (Å²) in [4.78, 5) is 0. The van der Waals surface area contributed by atoms with Gasteiger partial charge in [0.25, 0.3) is 5.17 Å². The minimum Gasteiger partial charge on any atom is -0.442 e. The lowest BCUT2D eigenvalue weighted by Gasteiger charge is -1.91. The zero-order valence-electron chi connectivity index (χ0n) is 2.84. The second-order valence-electron chi connectivity index (χ2n) is 0.512. The average molecular weight is 141 g/mol. The van der Waals surface area contributed by atoms with Gasteiger partial charge in [-0.1, -0.05) is 0 Å². The van der Waals surface area contributed by atoms with Crippen LogP contribution in [0.2, 0.25) is 0 Å². The van der Waals surface area contributed by atoms with E-state index in [0.717, 1.165) is 0 Å². The molecular weight excluding hydrogens is 137 g/mol. The Kier molecular flexibility index (Phi) is 3.94. The molecule has 2 N–H and O–H groups in total. The second-order valence-corrected chi connectivity index (χ2v) is 1.85. The van der Waals surface area contributed by atoms with Gasteiger partial charge in [0.2, 0.25) is 0 Å². The van der Waals surface area contributed by atoms with Gasteiger partial charge in [0.05, 0.1) is 0 Å². The van der Waals surface area contributed by atoms with Crippen LogP contribution in [0.3, 0.4) is 0 Å². The molecule has 0 aromatic rings. The molecule has 5 heteroatoms. The molecule has 36 valence electrons. The van der Waals surface area contributed by atoms with Crippen molar-refractivity contribution in [3.05, 3.63) is 0 Å². The summed E-state index contributed by atoms with van der Waals surface area (Å²) in [5.41, 5.74) is 4.87. The molecule has 0 fully saturated rings. The van der Waals surface area contributed by atoms with Crippen molar-refractivity contribution in [2.75, 3.05) is 0 Å². The number of hydrogen-bond acceptors (Lipinski definition) is 3. The second kappa shape index (κ2) is 3.65. The van der Waals surface area contributed by atoms with Gasteiger partial charge in [-0.15, -0.1) is 12.2 Å². The number of thiol groups is 1. The van der Waals surface area contributed by atoms with Gasteiger partial charge in [-0.2, -0.15) is 0 Å². The number of nitrogens with two attached hydrogens (primary N) is 1. The summed E-state index contributed by atoms with van der Waals surface area (Å²) in [6, 6.07) is 0. The van der Waals surface area contributed by atoms with Gasteiger partial charge in [-0.3, -0.25) is 0 Å². The van der Waals surface area contributed by atoms with Crippen LogP contribution in [0, 0.1) is 0 Å². The lowest BCUT2D eigenvalue weighted by atomic mass is 11.4. The maximum atomic E-state index is 4.87. The highest BCUT2D eigenvalue weighted by atomic mass is 32.7. The summed E-state index contributed by atoms with van der Waals surface area (Å²) in [6.07, 6.45) is 0. The van der Waals surface area contributed by atoms with Gasteiger partial charge in [0.15, 0.2) is 0 Å². The summed E-state index contributed by atoms with van der Waals surface area (Å²) < 4.78 is 4.44. The Morgan fingerprint density at radius 2 is 2.50 bits per heavy atom. The lowest BCUT2D eigenvalue weighted by Crippen LogP contribution is -2.05. The van der Waals surface area contributed by atoms with Crippen molar-refractivity contribution in [2.24, 2.45) is 5.73 Å². The van der Waals surface area contributed by atoms with E-state index in [-0.39, 0.29) is 13.2 Å². The molecule has 0 bridgehead atoms. The highest BCUT2D eigenvalue weighted by molar-refractivity contribution is 8.36. The van der Waals surface area contributed by atoms with Crippen molar-refractivity contribution in [3.63, 3.8) is 0 Å². The molecule has 0 rings (SSSR count). The van der Waals surface area contributed by atoms with E-state index >= 15 is 0 Å². The largest absolute Gasteiger partial charge is 0.442 e. The standard InChI is InChI=1S/CH4NOPS2/c2-1(5)3-4-6/h4,6H,(H2,2,5). The molecule has 0 spiro atoms. The zero-order chi connectivity index (χ0) is 4.99. The van der Waals surface area contributed by atoms with Crippen LogP contribution in [0.25, 0.3) is 0 Å². The summed E-state index contributed by atoms with van der Waals surface area (Å²) in [5, 5.41) is 0.0586. The third-order valence-electron chi connectivity index (χ3n) is 0.146. The maximum absolute atomic E-state index is 4.87. The molecule has 0 aliphatic heterocycles. The minimum absolute atomic E-state index is 0.0586. The molecule has 0 heterocycles. The van der Waals surface area contributed by atoms with E-state index in [9.17, 15) is 0 Å². The van der Waals surface area contributed by atoms with Crippen molar-refractivity contribution >= 4 is 37.7 Å². The fraction of sp³-hybridized carbons (Fsp3) is 0. The normalized spacial score (nSPS) is 9.50. The monoisotopic (exact) mass is 141 g/mol. The highest BCUT2D eigenvalue weighted by Gasteiger charge is 1.77. The van der Waals surface area contributed by atoms with Crippen molar-refractivity contribution in [1.29, 1.82) is 0 Å². The van der Waals surface area contributed by atoms with Crippen molar-refractivity contribution < 1.29 is 4.52 Å². The Morgan fingerprint density at radius 1 is 2.00 bits per heavy atom. The van der Waals surface area contributed by atoms with Crippen molar-refractivity contribution in [3.8, 4) is 0 Å². The van der Waals surface area contributed by atoms with Crippen LogP contribution in [0.5, 0.6) is 0 Å². The van der Waals surface area contributed by atoms with Gasteiger partial charge in [-0.25, -0.2) is 0 Å². The molecule has 2 nitrogen and oxygen atoms in total. The van der Waals surface area contributed by atoms with Gasteiger partial charge in [0, 0.05) is 0 Å². The number of thiocarbonyl (C=S) groups is 1. The van der Waals surface area contributed by atoms with Gasteiger partial charge in [0.1, 0.15) is 8.01 Å². The summed E-state index contributed by atoms with van der Waals surface area (Å²) >= 11 is 8.01. The molecule has 0 aromatic heterocycles. The van der Waals surface area contributed by atoms with Crippen LogP contribution in [-0.4, -0.2) is 5.17 Å². The Morgan fingerprint density at radius 3 is 2.50 bits per heavy atom. The SMILES string of the molecule is NC(=S)OPS. The third-order valence-corrected chi connectivity index (χ3v) is 0.963. The summed E-state index contributed by atoms with van der Waals surface area (Å²) in [5.74, 6) is 0. The summed E-state index contributed by atoms with van der Waals surface area (Å²) in [7, 11) is 0.0664. The van der Waals surface area contributed by atoms with Gasteiger partial charge >= 0.3 is 0 Å². The first kappa shape index (κ1) is 6.47. The molecule has 0 saturated carbocycles. The first-order valence-corrected chi connectivity index (χ1v) is 3.73. The Bertz CT molecular complexity index is 57.5. The predicted octanol–water partition coefficient (Wildman–Crippen LogP) is 0.685. The smallest absolute Gasteiger partial charge is 0.257 e. The Balaban J connectivity index is 2.83. The van der Waals surface area contributed by atoms with E-state index in [1.165, 1.54) is 0 Å². The molecule has 0 aromatic carbocycles. The van der Waals surface area contributed by atoms with E-state index in [0.29, 0.717) is 0 Å². The van der Waals surface area contributed by atoms with Crippen molar-refractivity contribution in [1.82, 2.24) is 0 Å². The van der Waals surface area contributed by atoms with Crippen LogP contribution in [0.15, 0.2) is 0 Å². The van der Waals surface area contributed by atoms with E-state index in [2.05, 4.69) is 29.0 Å². The molecular formula is CH4NOPS2. The number of hydrogen-bond donors (Lipinski definition) is 2. The van der Waals surface area contributed by atoms with Crippen LogP contribution in [0.4, 0.5) is 0 Å². The van der Waals surface area contributed by atoms with Gasteiger partial charge < -0.3 is 10.3 Å². The van der Waals surface area contributed by atoms with Crippen LogP contribution in [0.1, 0.15) is 0 Å².